The average Bonchev–Trinajstić information content (AvgIpc) is 1.80. The van der Waals surface area contributed by atoms with Gasteiger partial charge >= 0.3 is 0 Å². The lowest BCUT2D eigenvalue weighted by Gasteiger charge is -2.02. The summed E-state index contributed by atoms with van der Waals surface area (Å²) in [7, 11) is -0.823. The van der Waals surface area contributed by atoms with Crippen LogP contribution in [-0.4, -0.2) is 15.6 Å². The average molecular weight is 143 g/mol. The molecule has 0 bridgehead atoms. The zero-order valence-electron chi connectivity index (χ0n) is 6.05. The molecule has 0 amide bonds. The summed E-state index contributed by atoms with van der Waals surface area (Å²) in [6, 6.07) is 2.08. The first-order valence-electron chi connectivity index (χ1n) is 3.26. The Morgan fingerprint density at radius 1 is 1.56 bits per heavy atom. The molecule has 0 rings (SSSR count). The molecule has 0 spiro atoms. The molecule has 0 unspecified atom stereocenters. The molecule has 0 aliphatic rings. The Balaban J connectivity index is 2.85. The minimum Gasteiger partial charge on any atom is -0.421 e. The van der Waals surface area contributed by atoms with Crippen LogP contribution >= 0.6 is 0 Å². The third-order valence-corrected chi connectivity index (χ3v) is 1.79. The maximum atomic E-state index is 8.14. The van der Waals surface area contributed by atoms with Gasteiger partial charge in [0.2, 0.25) is 0 Å². The summed E-state index contributed by atoms with van der Waals surface area (Å²) in [5, 5.41) is 8.14. The number of unbranched alkanes of at least 4 members (excludes halogenated alkanes) is 1. The molecule has 52 valence electrons. The fourth-order valence-corrected chi connectivity index (χ4v) is 1.11. The van der Waals surface area contributed by atoms with Gasteiger partial charge in [0.25, 0.3) is 0 Å². The molecule has 0 aliphatic carbocycles. The van der Waals surface area contributed by atoms with Crippen molar-refractivity contribution in [3.63, 3.8) is 0 Å². The van der Waals surface area contributed by atoms with E-state index in [0.29, 0.717) is 6.42 Å². The van der Waals surface area contributed by atoms with Crippen molar-refractivity contribution >= 4 is 9.04 Å². The molecule has 0 aliphatic heterocycles. The van der Waals surface area contributed by atoms with Crippen molar-refractivity contribution < 1.29 is 4.43 Å². The number of nitriles is 1. The van der Waals surface area contributed by atoms with Crippen LogP contribution < -0.4 is 0 Å². The van der Waals surface area contributed by atoms with Crippen LogP contribution in [0.4, 0.5) is 0 Å². The predicted octanol–water partition coefficient (Wildman–Crippen LogP) is 1.29. The number of nitrogens with zero attached hydrogens (tertiary/aromatic N) is 1. The maximum absolute atomic E-state index is 8.14. The van der Waals surface area contributed by atoms with Crippen LogP contribution in [0.15, 0.2) is 0 Å². The van der Waals surface area contributed by atoms with Crippen LogP contribution in [0, 0.1) is 11.3 Å². The van der Waals surface area contributed by atoms with E-state index in [1.165, 1.54) is 0 Å². The van der Waals surface area contributed by atoms with E-state index in [9.17, 15) is 0 Å². The van der Waals surface area contributed by atoms with Gasteiger partial charge in [0.1, 0.15) is 0 Å². The molecular weight excluding hydrogens is 130 g/mol. The Kier molecular flexibility index (Phi) is 5.58. The quantitative estimate of drug-likeness (QED) is 0.439. The van der Waals surface area contributed by atoms with E-state index < -0.39 is 9.04 Å². The van der Waals surface area contributed by atoms with Crippen LogP contribution in [0.2, 0.25) is 13.1 Å². The topological polar surface area (TPSA) is 33.0 Å². The zero-order chi connectivity index (χ0) is 7.11. The molecule has 0 aromatic heterocycles. The second-order valence-electron chi connectivity index (χ2n) is 2.18. The molecule has 0 saturated carbocycles. The predicted molar refractivity (Wildman–Crippen MR) is 39.7 cm³/mol. The third kappa shape index (κ3) is 7.67. The van der Waals surface area contributed by atoms with Crippen LogP contribution in [0.5, 0.6) is 0 Å². The fraction of sp³-hybridized carbons (Fsp3) is 0.833. The fourth-order valence-electron chi connectivity index (χ4n) is 0.470. The Hall–Kier alpha value is -0.333. The minimum atomic E-state index is -0.823. The first-order chi connectivity index (χ1) is 4.27. The van der Waals surface area contributed by atoms with Gasteiger partial charge in [-0.25, -0.2) is 0 Å². The lowest BCUT2D eigenvalue weighted by Crippen LogP contribution is -2.08. The Morgan fingerprint density at radius 2 is 2.22 bits per heavy atom. The summed E-state index contributed by atoms with van der Waals surface area (Å²) >= 11 is 0. The van der Waals surface area contributed by atoms with E-state index in [-0.39, 0.29) is 0 Å². The summed E-state index contributed by atoms with van der Waals surface area (Å²) in [5.41, 5.74) is 0. The van der Waals surface area contributed by atoms with Gasteiger partial charge < -0.3 is 4.43 Å². The Morgan fingerprint density at radius 3 is 2.67 bits per heavy atom. The van der Waals surface area contributed by atoms with Crippen molar-refractivity contribution in [2.45, 2.75) is 25.9 Å². The molecule has 0 heterocycles. The van der Waals surface area contributed by atoms with Gasteiger partial charge in [-0.3, -0.25) is 0 Å². The summed E-state index contributed by atoms with van der Waals surface area (Å²) in [5.74, 6) is 0. The van der Waals surface area contributed by atoms with Crippen molar-refractivity contribution in [3.05, 3.63) is 0 Å². The van der Waals surface area contributed by atoms with E-state index in [1.54, 1.807) is 0 Å². The van der Waals surface area contributed by atoms with Gasteiger partial charge in [0, 0.05) is 13.0 Å². The van der Waals surface area contributed by atoms with E-state index in [2.05, 4.69) is 19.2 Å². The molecule has 3 heteroatoms. The first-order valence-corrected chi connectivity index (χ1v) is 6.04. The standard InChI is InChI=1S/C6H13NOSi/c1-9(2)8-6-4-3-5-7/h9H,3-4,6H2,1-2H3. The van der Waals surface area contributed by atoms with Gasteiger partial charge in [0.15, 0.2) is 9.04 Å². The monoisotopic (exact) mass is 143 g/mol. The van der Waals surface area contributed by atoms with Gasteiger partial charge in [-0.15, -0.1) is 0 Å². The number of hydrogen-bond donors (Lipinski definition) is 0. The summed E-state index contributed by atoms with van der Waals surface area (Å²) < 4.78 is 5.33. The molecule has 0 saturated heterocycles. The highest BCUT2D eigenvalue weighted by Gasteiger charge is 1.92. The largest absolute Gasteiger partial charge is 0.421 e. The molecule has 0 atom stereocenters. The van der Waals surface area contributed by atoms with Gasteiger partial charge in [0.05, 0.1) is 6.07 Å². The second kappa shape index (κ2) is 5.80. The second-order valence-corrected chi connectivity index (χ2v) is 4.61. The van der Waals surface area contributed by atoms with Crippen molar-refractivity contribution in [1.82, 2.24) is 0 Å². The van der Waals surface area contributed by atoms with E-state index in [0.717, 1.165) is 13.0 Å². The summed E-state index contributed by atoms with van der Waals surface area (Å²) in [4.78, 5) is 0. The van der Waals surface area contributed by atoms with E-state index in [1.807, 2.05) is 0 Å². The summed E-state index contributed by atoms with van der Waals surface area (Å²) in [6.45, 7) is 5.04. The molecule has 9 heavy (non-hydrogen) atoms. The molecule has 0 aromatic rings. The van der Waals surface area contributed by atoms with Crippen molar-refractivity contribution in [3.8, 4) is 6.07 Å². The smallest absolute Gasteiger partial charge is 0.170 e. The minimum absolute atomic E-state index is 0.626. The molecule has 0 aromatic carbocycles. The first kappa shape index (κ1) is 8.67. The van der Waals surface area contributed by atoms with Crippen LogP contribution in [-0.2, 0) is 4.43 Å². The highest BCUT2D eigenvalue weighted by Crippen LogP contribution is 1.90. The third-order valence-electron chi connectivity index (χ3n) is 0.884. The number of rotatable bonds is 4. The highest BCUT2D eigenvalue weighted by atomic mass is 28.3. The Bertz CT molecular complexity index is 97.7. The van der Waals surface area contributed by atoms with E-state index in [4.69, 9.17) is 9.69 Å². The van der Waals surface area contributed by atoms with Crippen molar-refractivity contribution in [1.29, 1.82) is 5.26 Å². The maximum Gasteiger partial charge on any atom is 0.170 e. The van der Waals surface area contributed by atoms with Crippen molar-refractivity contribution in [2.75, 3.05) is 6.61 Å². The number of hydrogen-bond acceptors (Lipinski definition) is 2. The highest BCUT2D eigenvalue weighted by molar-refractivity contribution is 6.48. The molecule has 0 N–H and O–H groups in total. The molecular formula is C6H13NOSi. The lowest BCUT2D eigenvalue weighted by atomic mass is 10.4. The molecule has 0 radical (unpaired) electrons. The van der Waals surface area contributed by atoms with Gasteiger partial charge in [-0.1, -0.05) is 0 Å². The normalized spacial score (nSPS) is 9.56. The molecule has 0 fully saturated rings. The SMILES string of the molecule is C[SiH](C)OCCCC#N. The lowest BCUT2D eigenvalue weighted by molar-refractivity contribution is 0.321. The zero-order valence-corrected chi connectivity index (χ0v) is 7.21. The van der Waals surface area contributed by atoms with E-state index >= 15 is 0 Å². The van der Waals surface area contributed by atoms with Gasteiger partial charge in [-0.05, 0) is 19.5 Å². The molecule has 2 nitrogen and oxygen atoms in total. The Labute approximate surface area is 58.2 Å². The van der Waals surface area contributed by atoms with Crippen molar-refractivity contribution in [2.24, 2.45) is 0 Å². The van der Waals surface area contributed by atoms with Crippen LogP contribution in [0.25, 0.3) is 0 Å². The summed E-state index contributed by atoms with van der Waals surface area (Å²) in [6.07, 6.45) is 1.52. The van der Waals surface area contributed by atoms with Crippen LogP contribution in [0.3, 0.4) is 0 Å². The van der Waals surface area contributed by atoms with Gasteiger partial charge in [-0.2, -0.15) is 5.26 Å². The van der Waals surface area contributed by atoms with Crippen LogP contribution in [0.1, 0.15) is 12.8 Å².